The van der Waals surface area contributed by atoms with E-state index in [0.29, 0.717) is 13.1 Å². The number of imide groups is 1. The Morgan fingerprint density at radius 3 is 2.41 bits per heavy atom. The SMILES string of the molecule is O=C(COC(=O)c1cccc(S(=O)(=O)N2CCCCCC2)c1)NC(=O)NC1CC1. The normalized spacial score (nSPS) is 17.8. The van der Waals surface area contributed by atoms with Crippen molar-refractivity contribution >= 4 is 27.9 Å². The summed E-state index contributed by atoms with van der Waals surface area (Å²) in [6.45, 7) is 0.278. The van der Waals surface area contributed by atoms with Crippen LogP contribution in [0.1, 0.15) is 48.9 Å². The van der Waals surface area contributed by atoms with Gasteiger partial charge in [-0.2, -0.15) is 4.31 Å². The molecule has 1 aromatic rings. The minimum atomic E-state index is -3.70. The molecule has 1 aliphatic heterocycles. The van der Waals surface area contributed by atoms with Gasteiger partial charge in [0.2, 0.25) is 10.0 Å². The van der Waals surface area contributed by atoms with E-state index in [1.54, 1.807) is 0 Å². The molecule has 1 saturated heterocycles. The number of benzene rings is 1. The van der Waals surface area contributed by atoms with Gasteiger partial charge in [-0.15, -0.1) is 0 Å². The first-order chi connectivity index (χ1) is 13.9. The fraction of sp³-hybridized carbons (Fsp3) is 0.526. The molecular formula is C19H25N3O6S. The van der Waals surface area contributed by atoms with Crippen LogP contribution in [-0.2, 0) is 19.6 Å². The maximum atomic E-state index is 12.9. The molecule has 9 nitrogen and oxygen atoms in total. The Bertz CT molecular complexity index is 874. The number of hydrogen-bond donors (Lipinski definition) is 2. The van der Waals surface area contributed by atoms with E-state index in [4.69, 9.17) is 4.74 Å². The molecule has 2 aliphatic rings. The summed E-state index contributed by atoms with van der Waals surface area (Å²) < 4.78 is 32.1. The van der Waals surface area contributed by atoms with Crippen molar-refractivity contribution in [1.82, 2.24) is 14.9 Å². The number of hydrogen-bond acceptors (Lipinski definition) is 6. The zero-order valence-electron chi connectivity index (χ0n) is 16.1. The number of nitrogens with one attached hydrogen (secondary N) is 2. The molecule has 158 valence electrons. The average molecular weight is 423 g/mol. The fourth-order valence-corrected chi connectivity index (χ4v) is 4.60. The number of esters is 1. The molecule has 10 heteroatoms. The lowest BCUT2D eigenvalue weighted by Crippen LogP contribution is -2.42. The maximum Gasteiger partial charge on any atom is 0.338 e. The number of sulfonamides is 1. The number of ether oxygens (including phenoxy) is 1. The molecule has 1 aliphatic carbocycles. The lowest BCUT2D eigenvalue weighted by molar-refractivity contribution is -0.123. The lowest BCUT2D eigenvalue weighted by atomic mass is 10.2. The first kappa shape index (κ1) is 21.3. The Hall–Kier alpha value is -2.46. The van der Waals surface area contributed by atoms with Crippen LogP contribution in [0.15, 0.2) is 29.2 Å². The fourth-order valence-electron chi connectivity index (χ4n) is 3.04. The topological polar surface area (TPSA) is 122 Å². The average Bonchev–Trinajstić information content (AvgIpc) is 3.53. The van der Waals surface area contributed by atoms with Crippen molar-refractivity contribution in [2.24, 2.45) is 0 Å². The van der Waals surface area contributed by atoms with E-state index in [2.05, 4.69) is 10.6 Å². The minimum absolute atomic E-state index is 0.0158. The minimum Gasteiger partial charge on any atom is -0.452 e. The Labute approximate surface area is 169 Å². The number of nitrogens with zero attached hydrogens (tertiary/aromatic N) is 1. The summed E-state index contributed by atoms with van der Waals surface area (Å²) in [5.74, 6) is -1.60. The van der Waals surface area contributed by atoms with E-state index < -0.39 is 34.5 Å². The highest BCUT2D eigenvalue weighted by Gasteiger charge is 2.26. The molecule has 2 fully saturated rings. The Balaban J connectivity index is 1.58. The first-order valence-corrected chi connectivity index (χ1v) is 11.2. The summed E-state index contributed by atoms with van der Waals surface area (Å²) >= 11 is 0. The highest BCUT2D eigenvalue weighted by Crippen LogP contribution is 2.21. The zero-order chi connectivity index (χ0) is 20.9. The third-order valence-corrected chi connectivity index (χ3v) is 6.67. The molecule has 0 unspecified atom stereocenters. The van der Waals surface area contributed by atoms with Crippen LogP contribution in [0.25, 0.3) is 0 Å². The van der Waals surface area contributed by atoms with Gasteiger partial charge in [0.05, 0.1) is 10.5 Å². The third-order valence-electron chi connectivity index (χ3n) is 4.77. The van der Waals surface area contributed by atoms with Crippen molar-refractivity contribution in [3.63, 3.8) is 0 Å². The summed E-state index contributed by atoms with van der Waals surface area (Å²) in [5, 5.41) is 4.65. The van der Waals surface area contributed by atoms with Crippen LogP contribution < -0.4 is 10.6 Å². The Morgan fingerprint density at radius 1 is 1.07 bits per heavy atom. The predicted molar refractivity (Wildman–Crippen MR) is 104 cm³/mol. The van der Waals surface area contributed by atoms with E-state index in [0.717, 1.165) is 38.5 Å². The highest BCUT2D eigenvalue weighted by atomic mass is 32.2. The van der Waals surface area contributed by atoms with Crippen LogP contribution in [0.5, 0.6) is 0 Å². The van der Waals surface area contributed by atoms with Crippen molar-refractivity contribution in [3.05, 3.63) is 29.8 Å². The summed E-state index contributed by atoms with van der Waals surface area (Å²) in [6.07, 6.45) is 5.38. The number of amides is 3. The largest absolute Gasteiger partial charge is 0.452 e. The molecule has 2 N–H and O–H groups in total. The first-order valence-electron chi connectivity index (χ1n) is 9.74. The van der Waals surface area contributed by atoms with Crippen molar-refractivity contribution < 1.29 is 27.5 Å². The van der Waals surface area contributed by atoms with Crippen molar-refractivity contribution in [2.75, 3.05) is 19.7 Å². The smallest absolute Gasteiger partial charge is 0.338 e. The Morgan fingerprint density at radius 2 is 1.76 bits per heavy atom. The molecule has 1 aromatic carbocycles. The van der Waals surface area contributed by atoms with Gasteiger partial charge < -0.3 is 10.1 Å². The van der Waals surface area contributed by atoms with Crippen molar-refractivity contribution in [2.45, 2.75) is 49.5 Å². The molecule has 0 radical (unpaired) electrons. The van der Waals surface area contributed by atoms with E-state index in [1.165, 1.54) is 28.6 Å². The van der Waals surface area contributed by atoms with Crippen LogP contribution in [0, 0.1) is 0 Å². The maximum absolute atomic E-state index is 12.9. The summed E-state index contributed by atoms with van der Waals surface area (Å²) in [7, 11) is -3.70. The van der Waals surface area contributed by atoms with Gasteiger partial charge in [0.15, 0.2) is 6.61 Å². The quantitative estimate of drug-likeness (QED) is 0.667. The molecule has 1 heterocycles. The molecular weight excluding hydrogens is 398 g/mol. The summed E-state index contributed by atoms with van der Waals surface area (Å²) in [6, 6.07) is 5.04. The van der Waals surface area contributed by atoms with Crippen molar-refractivity contribution in [3.8, 4) is 0 Å². The second-order valence-corrected chi connectivity index (χ2v) is 9.16. The van der Waals surface area contributed by atoms with Crippen LogP contribution >= 0.6 is 0 Å². The van der Waals surface area contributed by atoms with Gasteiger partial charge in [-0.1, -0.05) is 18.9 Å². The molecule has 3 rings (SSSR count). The monoisotopic (exact) mass is 423 g/mol. The summed E-state index contributed by atoms with van der Waals surface area (Å²) in [5.41, 5.74) is 0.0242. The standard InChI is InChI=1S/C19H25N3O6S/c23-17(21-19(25)20-15-8-9-15)13-28-18(24)14-6-5-7-16(12-14)29(26,27)22-10-3-1-2-4-11-22/h5-7,12,15H,1-4,8-11,13H2,(H2,20,21,23,25). The van der Waals surface area contributed by atoms with Crippen LogP contribution in [-0.4, -0.2) is 56.4 Å². The van der Waals surface area contributed by atoms with Crippen LogP contribution in [0.3, 0.4) is 0 Å². The van der Waals surface area contributed by atoms with Gasteiger partial charge in [0.25, 0.3) is 5.91 Å². The van der Waals surface area contributed by atoms with Crippen LogP contribution in [0.4, 0.5) is 4.79 Å². The molecule has 0 atom stereocenters. The van der Waals surface area contributed by atoms with Gasteiger partial charge in [0, 0.05) is 19.1 Å². The van der Waals surface area contributed by atoms with E-state index in [1.807, 2.05) is 0 Å². The number of rotatable bonds is 6. The summed E-state index contributed by atoms with van der Waals surface area (Å²) in [4.78, 5) is 35.4. The van der Waals surface area contributed by atoms with Gasteiger partial charge in [0.1, 0.15) is 0 Å². The Kier molecular flexibility index (Phi) is 6.86. The molecule has 3 amide bonds. The second-order valence-electron chi connectivity index (χ2n) is 7.22. The van der Waals surface area contributed by atoms with E-state index in [-0.39, 0.29) is 16.5 Å². The molecule has 29 heavy (non-hydrogen) atoms. The van der Waals surface area contributed by atoms with E-state index >= 15 is 0 Å². The van der Waals surface area contributed by atoms with Crippen molar-refractivity contribution in [1.29, 1.82) is 0 Å². The number of carbonyl (C=O) groups is 3. The molecule has 0 spiro atoms. The second kappa shape index (κ2) is 9.36. The lowest BCUT2D eigenvalue weighted by Gasteiger charge is -2.20. The third kappa shape index (κ3) is 6.01. The predicted octanol–water partition coefficient (Wildman–Crippen LogP) is 1.40. The van der Waals surface area contributed by atoms with Crippen LogP contribution in [0.2, 0.25) is 0 Å². The molecule has 0 aromatic heterocycles. The zero-order valence-corrected chi connectivity index (χ0v) is 16.9. The molecule has 1 saturated carbocycles. The van der Waals surface area contributed by atoms with Gasteiger partial charge in [-0.05, 0) is 43.9 Å². The van der Waals surface area contributed by atoms with Gasteiger partial charge in [-0.25, -0.2) is 18.0 Å². The van der Waals surface area contributed by atoms with E-state index in [9.17, 15) is 22.8 Å². The molecule has 0 bridgehead atoms. The number of urea groups is 1. The van der Waals surface area contributed by atoms with Gasteiger partial charge >= 0.3 is 12.0 Å². The number of carbonyl (C=O) groups excluding carboxylic acids is 3. The highest BCUT2D eigenvalue weighted by molar-refractivity contribution is 7.89. The van der Waals surface area contributed by atoms with Gasteiger partial charge in [-0.3, -0.25) is 10.1 Å².